The molecule has 1 aromatic heterocycles. The molecule has 3 heterocycles. The number of likely N-dealkylation sites (N-methyl/N-ethyl adjacent to an activating group) is 1. The highest BCUT2D eigenvalue weighted by Gasteiger charge is 2.50. The number of imide groups is 1. The third kappa shape index (κ3) is 2.09. The summed E-state index contributed by atoms with van der Waals surface area (Å²) in [7, 11) is 1.50. The van der Waals surface area contributed by atoms with Gasteiger partial charge in [-0.1, -0.05) is 0 Å². The number of hydrogen-bond acceptors (Lipinski definition) is 5. The molecule has 2 saturated heterocycles. The van der Waals surface area contributed by atoms with Gasteiger partial charge in [-0.05, 0) is 25.0 Å². The molecule has 2 aliphatic rings. The number of anilines is 1. The maximum atomic E-state index is 12.2. The number of nitrogens with one attached hydrogen (secondary N) is 1. The molecule has 0 atom stereocenters. The molecule has 1 aromatic rings. The van der Waals surface area contributed by atoms with Crippen molar-refractivity contribution in [3.05, 3.63) is 24.0 Å². The Morgan fingerprint density at radius 1 is 1.33 bits per heavy atom. The van der Waals surface area contributed by atoms with Crippen LogP contribution in [0, 0.1) is 11.3 Å². The van der Waals surface area contributed by atoms with Gasteiger partial charge in [-0.2, -0.15) is 5.26 Å². The molecule has 7 nitrogen and oxygen atoms in total. The first-order valence-electron chi connectivity index (χ1n) is 6.77. The minimum Gasteiger partial charge on any atom is -0.370 e. The van der Waals surface area contributed by atoms with Crippen LogP contribution < -0.4 is 10.2 Å². The highest BCUT2D eigenvalue weighted by molar-refractivity contribution is 6.06. The summed E-state index contributed by atoms with van der Waals surface area (Å²) >= 11 is 0. The largest absolute Gasteiger partial charge is 0.370 e. The Morgan fingerprint density at radius 2 is 2.05 bits per heavy atom. The van der Waals surface area contributed by atoms with Crippen LogP contribution in [0.2, 0.25) is 0 Å². The molecule has 7 heteroatoms. The molecule has 2 fully saturated rings. The fourth-order valence-electron chi connectivity index (χ4n) is 2.88. The molecule has 1 spiro atoms. The van der Waals surface area contributed by atoms with Crippen molar-refractivity contribution in [1.82, 2.24) is 15.2 Å². The van der Waals surface area contributed by atoms with Crippen LogP contribution in [0.4, 0.5) is 10.5 Å². The van der Waals surface area contributed by atoms with E-state index in [-0.39, 0.29) is 11.9 Å². The Morgan fingerprint density at radius 3 is 2.52 bits per heavy atom. The van der Waals surface area contributed by atoms with Gasteiger partial charge in [-0.25, -0.2) is 9.78 Å². The molecule has 0 aromatic carbocycles. The summed E-state index contributed by atoms with van der Waals surface area (Å²) in [4.78, 5) is 31.1. The predicted octanol–water partition coefficient (Wildman–Crippen LogP) is 0.474. The zero-order chi connectivity index (χ0) is 15.0. The molecule has 0 unspecified atom stereocenters. The summed E-state index contributed by atoms with van der Waals surface area (Å²) in [5.41, 5.74) is 0.559. The van der Waals surface area contributed by atoms with E-state index < -0.39 is 5.54 Å². The maximum Gasteiger partial charge on any atom is 0.324 e. The lowest BCUT2D eigenvalue weighted by molar-refractivity contribution is -0.131. The first kappa shape index (κ1) is 13.4. The number of amides is 3. The van der Waals surface area contributed by atoms with Gasteiger partial charge in [-0.3, -0.25) is 9.69 Å². The third-order valence-corrected chi connectivity index (χ3v) is 4.21. The second-order valence-corrected chi connectivity index (χ2v) is 5.38. The van der Waals surface area contributed by atoms with Crippen LogP contribution in [0.1, 0.15) is 18.5 Å². The van der Waals surface area contributed by atoms with E-state index in [1.165, 1.54) is 7.05 Å². The second-order valence-electron chi connectivity index (χ2n) is 5.38. The van der Waals surface area contributed by atoms with Gasteiger partial charge in [0, 0.05) is 20.1 Å². The molecule has 3 amide bonds. The van der Waals surface area contributed by atoms with Gasteiger partial charge in [0.15, 0.2) is 0 Å². The molecule has 0 aliphatic carbocycles. The minimum absolute atomic E-state index is 0.148. The van der Waals surface area contributed by atoms with Crippen molar-refractivity contribution in [2.24, 2.45) is 0 Å². The molecule has 21 heavy (non-hydrogen) atoms. The van der Waals surface area contributed by atoms with Crippen molar-refractivity contribution in [3.63, 3.8) is 0 Å². The van der Waals surface area contributed by atoms with Crippen molar-refractivity contribution in [1.29, 1.82) is 5.26 Å². The topological polar surface area (TPSA) is 89.3 Å². The molecular formula is C14H15N5O2. The van der Waals surface area contributed by atoms with Crippen LogP contribution in [0.3, 0.4) is 0 Å². The predicted molar refractivity (Wildman–Crippen MR) is 74.4 cm³/mol. The average molecular weight is 285 g/mol. The third-order valence-electron chi connectivity index (χ3n) is 4.21. The van der Waals surface area contributed by atoms with E-state index >= 15 is 0 Å². The SMILES string of the molecule is CN1C(=O)NC2(CCN(c3ccc(C#N)nc3)CC2)C1=O. The number of urea groups is 1. The van der Waals surface area contributed by atoms with Crippen molar-refractivity contribution in [2.75, 3.05) is 25.0 Å². The van der Waals surface area contributed by atoms with E-state index in [1.807, 2.05) is 12.1 Å². The number of carbonyl (C=O) groups excluding carboxylic acids is 2. The molecule has 1 N–H and O–H groups in total. The highest BCUT2D eigenvalue weighted by atomic mass is 16.2. The summed E-state index contributed by atoms with van der Waals surface area (Å²) in [6, 6.07) is 5.19. The molecule has 3 rings (SSSR count). The zero-order valence-electron chi connectivity index (χ0n) is 11.7. The number of carbonyl (C=O) groups is 2. The van der Waals surface area contributed by atoms with Crippen molar-refractivity contribution in [2.45, 2.75) is 18.4 Å². The standard InChI is InChI=1S/C14H15N5O2/c1-18-12(20)14(17-13(18)21)4-6-19(7-5-14)11-3-2-10(8-15)16-9-11/h2-3,9H,4-7H2,1H3,(H,17,21). The van der Waals surface area contributed by atoms with Crippen LogP contribution in [-0.4, -0.2) is 47.5 Å². The molecule has 2 aliphatic heterocycles. The minimum atomic E-state index is -0.748. The average Bonchev–Trinajstić information content (AvgIpc) is 2.73. The first-order valence-corrected chi connectivity index (χ1v) is 6.77. The Balaban J connectivity index is 1.72. The van der Waals surface area contributed by atoms with Gasteiger partial charge in [0.1, 0.15) is 17.3 Å². The van der Waals surface area contributed by atoms with Crippen LogP contribution in [-0.2, 0) is 4.79 Å². The fourth-order valence-corrected chi connectivity index (χ4v) is 2.88. The van der Waals surface area contributed by atoms with Crippen molar-refractivity contribution >= 4 is 17.6 Å². The van der Waals surface area contributed by atoms with Gasteiger partial charge >= 0.3 is 6.03 Å². The highest BCUT2D eigenvalue weighted by Crippen LogP contribution is 2.30. The van der Waals surface area contributed by atoms with Gasteiger partial charge in [0.25, 0.3) is 5.91 Å². The number of aromatic nitrogens is 1. The van der Waals surface area contributed by atoms with Gasteiger partial charge in [0.05, 0.1) is 11.9 Å². The Hall–Kier alpha value is -2.62. The summed E-state index contributed by atoms with van der Waals surface area (Å²) in [5, 5.41) is 11.6. The second kappa shape index (κ2) is 4.74. The van der Waals surface area contributed by atoms with Crippen LogP contribution in [0.15, 0.2) is 18.3 Å². The molecular weight excluding hydrogens is 270 g/mol. The van der Waals surface area contributed by atoms with Crippen molar-refractivity contribution in [3.8, 4) is 6.07 Å². The lowest BCUT2D eigenvalue weighted by atomic mass is 9.87. The van der Waals surface area contributed by atoms with Gasteiger partial charge < -0.3 is 10.2 Å². The normalized spacial score (nSPS) is 20.6. The number of nitrogens with zero attached hydrogens (tertiary/aromatic N) is 4. The van der Waals surface area contributed by atoms with Crippen LogP contribution in [0.5, 0.6) is 0 Å². The molecule has 0 saturated carbocycles. The van der Waals surface area contributed by atoms with E-state index in [1.54, 1.807) is 12.3 Å². The van der Waals surface area contributed by atoms with E-state index in [0.717, 1.165) is 10.6 Å². The van der Waals surface area contributed by atoms with Crippen LogP contribution in [0.25, 0.3) is 0 Å². The lowest BCUT2D eigenvalue weighted by Crippen LogP contribution is -2.55. The Kier molecular flexibility index (Phi) is 3.01. The fraction of sp³-hybridized carbons (Fsp3) is 0.429. The summed E-state index contributed by atoms with van der Waals surface area (Å²) < 4.78 is 0. The Labute approximate surface area is 122 Å². The summed E-state index contributed by atoms with van der Waals surface area (Å²) in [5.74, 6) is -0.148. The van der Waals surface area contributed by atoms with E-state index in [4.69, 9.17) is 5.26 Å². The van der Waals surface area contributed by atoms with Gasteiger partial charge in [0.2, 0.25) is 0 Å². The van der Waals surface area contributed by atoms with E-state index in [0.29, 0.717) is 31.6 Å². The molecule has 0 bridgehead atoms. The summed E-state index contributed by atoms with van der Waals surface area (Å²) in [6.45, 7) is 1.32. The number of hydrogen-bond donors (Lipinski definition) is 1. The zero-order valence-corrected chi connectivity index (χ0v) is 11.7. The summed E-state index contributed by atoms with van der Waals surface area (Å²) in [6.07, 6.45) is 2.81. The monoisotopic (exact) mass is 285 g/mol. The quantitative estimate of drug-likeness (QED) is 0.758. The lowest BCUT2D eigenvalue weighted by Gasteiger charge is -2.38. The van der Waals surface area contributed by atoms with Crippen LogP contribution >= 0.6 is 0 Å². The number of piperidine rings is 1. The maximum absolute atomic E-state index is 12.2. The van der Waals surface area contributed by atoms with E-state index in [2.05, 4.69) is 15.2 Å². The first-order chi connectivity index (χ1) is 10.1. The molecule has 108 valence electrons. The number of rotatable bonds is 1. The molecule has 0 radical (unpaired) electrons. The Bertz CT molecular complexity index is 626. The number of pyridine rings is 1. The van der Waals surface area contributed by atoms with E-state index in [9.17, 15) is 9.59 Å². The van der Waals surface area contributed by atoms with Gasteiger partial charge in [-0.15, -0.1) is 0 Å². The smallest absolute Gasteiger partial charge is 0.324 e. The number of nitriles is 1. The van der Waals surface area contributed by atoms with Crippen molar-refractivity contribution < 1.29 is 9.59 Å².